The van der Waals surface area contributed by atoms with E-state index in [0.717, 1.165) is 35.0 Å². The summed E-state index contributed by atoms with van der Waals surface area (Å²) in [6.07, 6.45) is 9.83. The Morgan fingerprint density at radius 3 is 2.61 bits per heavy atom. The fourth-order valence-corrected chi connectivity index (χ4v) is 5.58. The molecule has 44 heavy (non-hydrogen) atoms. The Morgan fingerprint density at radius 2 is 1.91 bits per heavy atom. The summed E-state index contributed by atoms with van der Waals surface area (Å²) in [5.74, 6) is -0.378. The van der Waals surface area contributed by atoms with Crippen molar-refractivity contribution in [3.8, 4) is 22.6 Å². The minimum atomic E-state index is -1.97. The average molecular weight is 595 g/mol. The number of hydrogen-bond donors (Lipinski definition) is 2. The molecule has 1 saturated carbocycles. The molecule has 1 unspecified atom stereocenters. The van der Waals surface area contributed by atoms with Crippen molar-refractivity contribution in [2.45, 2.75) is 37.8 Å². The highest BCUT2D eigenvalue weighted by Crippen LogP contribution is 2.41. The fourth-order valence-electron chi connectivity index (χ4n) is 5.58. The minimum absolute atomic E-state index is 0.0657. The van der Waals surface area contributed by atoms with E-state index in [2.05, 4.69) is 20.6 Å². The lowest BCUT2D eigenvalue weighted by atomic mass is 9.94. The van der Waals surface area contributed by atoms with Crippen molar-refractivity contribution in [3.63, 3.8) is 0 Å². The topological polar surface area (TPSA) is 107 Å². The van der Waals surface area contributed by atoms with Crippen molar-refractivity contribution in [1.82, 2.24) is 29.9 Å². The van der Waals surface area contributed by atoms with E-state index in [9.17, 15) is 14.0 Å². The summed E-state index contributed by atoms with van der Waals surface area (Å²) in [6, 6.07) is 12.6. The van der Waals surface area contributed by atoms with E-state index < -0.39 is 23.0 Å². The number of alkyl halides is 1. The number of fused-ring (bicyclic) bond motifs is 1. The molecule has 0 radical (unpaired) electrons. The van der Waals surface area contributed by atoms with E-state index in [0.29, 0.717) is 22.7 Å². The van der Waals surface area contributed by atoms with Crippen molar-refractivity contribution in [1.29, 1.82) is 0 Å². The van der Waals surface area contributed by atoms with Crippen molar-refractivity contribution < 1.29 is 18.3 Å². The Labute approximate surface area is 250 Å². The number of nitrogens with one attached hydrogen (secondary N) is 2. The first-order valence-corrected chi connectivity index (χ1v) is 14.2. The van der Waals surface area contributed by atoms with Gasteiger partial charge >= 0.3 is 0 Å². The van der Waals surface area contributed by atoms with Gasteiger partial charge in [0.25, 0.3) is 11.5 Å². The first kappa shape index (κ1) is 27.5. The summed E-state index contributed by atoms with van der Waals surface area (Å²) in [7, 11) is 1.84. The van der Waals surface area contributed by atoms with E-state index in [-0.39, 0.29) is 23.7 Å². The van der Waals surface area contributed by atoms with Gasteiger partial charge in [-0.25, -0.2) is 8.78 Å². The molecule has 0 aliphatic heterocycles. The first-order chi connectivity index (χ1) is 21.2. The number of hydrogen-bond acceptors (Lipinski definition) is 5. The highest BCUT2D eigenvalue weighted by Gasteiger charge is 2.36. The number of benzene rings is 2. The first-order valence-electron chi connectivity index (χ1n) is 14.2. The molecule has 11 heteroatoms. The molecule has 1 amide bonds. The summed E-state index contributed by atoms with van der Waals surface area (Å²) in [5, 5.41) is 14.7. The quantitative estimate of drug-likeness (QED) is 0.246. The average Bonchev–Trinajstić information content (AvgIpc) is 3.57. The van der Waals surface area contributed by atoms with Gasteiger partial charge in [0.05, 0.1) is 17.9 Å². The standard InChI is InChI=1S/C33H28F2N6O3/c1-33(35)15-23(7-12-30(33)44-29-13-20-18-38-40(2)28(20)14-26(29)21-16-36-37-17-21)39-31(42)25-10-11-27(19-3-4-19)41(32(25)43)24-8-5-22(34)6-9-24/h5-14,16-19H,3-4,15H2,1-2H3,(H,36,37)(H,39,42). The Balaban J connectivity index is 1.18. The predicted octanol–water partition coefficient (Wildman–Crippen LogP) is 5.84. The third-order valence-corrected chi connectivity index (χ3v) is 8.06. The molecule has 0 saturated heterocycles. The Kier molecular flexibility index (Phi) is 6.53. The maximum Gasteiger partial charge on any atom is 0.268 e. The van der Waals surface area contributed by atoms with Crippen LogP contribution in [0.2, 0.25) is 0 Å². The molecule has 0 bridgehead atoms. The van der Waals surface area contributed by atoms with Crippen molar-refractivity contribution >= 4 is 16.8 Å². The van der Waals surface area contributed by atoms with Crippen LogP contribution in [0.15, 0.2) is 95.5 Å². The molecule has 0 spiro atoms. The second-order valence-electron chi connectivity index (χ2n) is 11.4. The number of aryl methyl sites for hydroxylation is 1. The molecule has 3 heterocycles. The molecule has 222 valence electrons. The van der Waals surface area contributed by atoms with Gasteiger partial charge in [0.15, 0.2) is 5.67 Å². The number of carbonyl (C=O) groups is 1. The van der Waals surface area contributed by atoms with Gasteiger partial charge in [-0.15, -0.1) is 0 Å². The lowest BCUT2D eigenvalue weighted by molar-refractivity contribution is 0.0954. The number of nitrogens with zero attached hydrogens (tertiary/aromatic N) is 4. The monoisotopic (exact) mass is 594 g/mol. The van der Waals surface area contributed by atoms with Crippen LogP contribution in [0.5, 0.6) is 5.75 Å². The second kappa shape index (κ2) is 10.4. The van der Waals surface area contributed by atoms with Crippen LogP contribution >= 0.6 is 0 Å². The molecule has 2 aromatic carbocycles. The SMILES string of the molecule is Cn1ncc2cc(OC3=CC=C(NC(=O)c4ccc(C5CC5)n(-c5ccc(F)cc5)c4=O)CC3(C)F)c(-c3cn[nH]c3)cc21. The molecule has 1 atom stereocenters. The van der Waals surface area contributed by atoms with E-state index in [4.69, 9.17) is 4.74 Å². The Bertz CT molecular complexity index is 2030. The van der Waals surface area contributed by atoms with Gasteiger partial charge in [-0.2, -0.15) is 10.2 Å². The Hall–Kier alpha value is -5.32. The lowest BCUT2D eigenvalue weighted by Crippen LogP contribution is -2.36. The molecule has 1 fully saturated rings. The van der Waals surface area contributed by atoms with Crippen molar-refractivity contribution in [2.24, 2.45) is 7.05 Å². The number of H-pyrrole nitrogens is 1. The molecular formula is C33H28F2N6O3. The number of allylic oxidation sites excluding steroid dienone is 4. The van der Waals surface area contributed by atoms with E-state index in [1.165, 1.54) is 47.9 Å². The normalized spacial score (nSPS) is 18.2. The highest BCUT2D eigenvalue weighted by molar-refractivity contribution is 5.95. The molecular weight excluding hydrogens is 566 g/mol. The third kappa shape index (κ3) is 5.00. The van der Waals surface area contributed by atoms with Crippen molar-refractivity contribution in [3.05, 3.63) is 118 Å². The second-order valence-corrected chi connectivity index (χ2v) is 11.4. The van der Waals surface area contributed by atoms with Crippen LogP contribution in [0.1, 0.15) is 48.2 Å². The third-order valence-electron chi connectivity index (χ3n) is 8.06. The number of amides is 1. The summed E-state index contributed by atoms with van der Waals surface area (Å²) in [5.41, 5.74) is 1.31. The van der Waals surface area contributed by atoms with Gasteiger partial charge in [0, 0.05) is 53.3 Å². The van der Waals surface area contributed by atoms with Gasteiger partial charge in [-0.05, 0) is 86.4 Å². The van der Waals surface area contributed by atoms with Gasteiger partial charge in [-0.1, -0.05) is 0 Å². The molecule has 3 aromatic heterocycles. The van der Waals surface area contributed by atoms with Gasteiger partial charge in [0.1, 0.15) is 22.9 Å². The molecule has 9 nitrogen and oxygen atoms in total. The van der Waals surface area contributed by atoms with Crippen LogP contribution in [0, 0.1) is 5.82 Å². The van der Waals surface area contributed by atoms with Crippen LogP contribution in [0.4, 0.5) is 8.78 Å². The molecule has 7 rings (SSSR count). The lowest BCUT2D eigenvalue weighted by Gasteiger charge is -2.28. The zero-order valence-electron chi connectivity index (χ0n) is 24.0. The van der Waals surface area contributed by atoms with Crippen molar-refractivity contribution in [2.75, 3.05) is 0 Å². The molecule has 2 N–H and O–H groups in total. The molecule has 2 aliphatic carbocycles. The van der Waals surface area contributed by atoms with Crippen LogP contribution in [-0.4, -0.2) is 36.1 Å². The number of pyridine rings is 1. The number of carbonyl (C=O) groups excluding carboxylic acids is 1. The van der Waals surface area contributed by atoms with Crippen LogP contribution < -0.4 is 15.6 Å². The van der Waals surface area contributed by atoms with Gasteiger partial charge < -0.3 is 10.1 Å². The summed E-state index contributed by atoms with van der Waals surface area (Å²) in [4.78, 5) is 26.9. The summed E-state index contributed by atoms with van der Waals surface area (Å²) >= 11 is 0. The maximum absolute atomic E-state index is 16.1. The van der Waals surface area contributed by atoms with Gasteiger partial charge in [0.2, 0.25) is 0 Å². The van der Waals surface area contributed by atoms with Crippen LogP contribution in [0.25, 0.3) is 27.7 Å². The molecule has 2 aliphatic rings. The zero-order chi connectivity index (χ0) is 30.6. The van der Waals surface area contributed by atoms with Crippen LogP contribution in [0.3, 0.4) is 0 Å². The Morgan fingerprint density at radius 1 is 1.11 bits per heavy atom. The molecule has 5 aromatic rings. The van der Waals surface area contributed by atoms with E-state index in [1.54, 1.807) is 41.5 Å². The van der Waals surface area contributed by atoms with E-state index >= 15 is 4.39 Å². The fraction of sp³-hybridized carbons (Fsp3) is 0.212. The minimum Gasteiger partial charge on any atom is -0.458 e. The number of rotatable bonds is 7. The number of aromatic amines is 1. The maximum atomic E-state index is 16.1. The number of ether oxygens (including phenoxy) is 1. The summed E-state index contributed by atoms with van der Waals surface area (Å²) in [6.45, 7) is 1.38. The smallest absolute Gasteiger partial charge is 0.268 e. The zero-order valence-corrected chi connectivity index (χ0v) is 24.0. The summed E-state index contributed by atoms with van der Waals surface area (Å²) < 4.78 is 39.1. The highest BCUT2D eigenvalue weighted by atomic mass is 19.1. The number of aromatic nitrogens is 5. The predicted molar refractivity (Wildman–Crippen MR) is 161 cm³/mol. The van der Waals surface area contributed by atoms with Gasteiger partial charge in [-0.3, -0.25) is 23.9 Å². The van der Waals surface area contributed by atoms with Crippen LogP contribution in [-0.2, 0) is 7.05 Å². The van der Waals surface area contributed by atoms with E-state index in [1.807, 2.05) is 13.1 Å². The number of halogens is 2. The largest absolute Gasteiger partial charge is 0.458 e.